The van der Waals surface area contributed by atoms with Crippen LogP contribution in [0, 0.1) is 0 Å². The van der Waals surface area contributed by atoms with E-state index in [1.54, 1.807) is 0 Å². The molecule has 1 unspecified atom stereocenters. The highest BCUT2D eigenvalue weighted by Crippen LogP contribution is 2.24. The normalized spacial score (nSPS) is 21.8. The fourth-order valence-electron chi connectivity index (χ4n) is 1.87. The molecule has 110 valence electrons. The Bertz CT molecular complexity index is 505. The number of hydrogen-bond acceptors (Lipinski definition) is 6. The van der Waals surface area contributed by atoms with Gasteiger partial charge in [-0.25, -0.2) is 4.99 Å². The first-order valence-corrected chi connectivity index (χ1v) is 6.22. The average molecular weight is 298 g/mol. The molecule has 0 saturated carbocycles. The van der Waals surface area contributed by atoms with E-state index < -0.39 is 5.66 Å². The van der Waals surface area contributed by atoms with Gasteiger partial charge in [0.1, 0.15) is 6.61 Å². The van der Waals surface area contributed by atoms with Gasteiger partial charge < -0.3 is 11.5 Å². The molecule has 2 rings (SSSR count). The topological polar surface area (TPSA) is 89.2 Å². The Morgan fingerprint density at radius 1 is 1.25 bits per heavy atom. The maximum Gasteiger partial charge on any atom is 0.226 e. The van der Waals surface area contributed by atoms with Gasteiger partial charge in [0.05, 0.1) is 0 Å². The van der Waals surface area contributed by atoms with Crippen LogP contribution >= 0.6 is 12.4 Å². The fourth-order valence-corrected chi connectivity index (χ4v) is 1.87. The standard InChI is InChI=1S/C13H19N5O.ClH/c1-3-13(2)17-11(14)16-12(15)18(13)19-9-10-7-5-4-6-8-10;/h4-8H,3,9H2,1-2H3,(H4,14,15,16,17);1H. The third-order valence-corrected chi connectivity index (χ3v) is 3.10. The van der Waals surface area contributed by atoms with Crippen LogP contribution < -0.4 is 11.5 Å². The van der Waals surface area contributed by atoms with Gasteiger partial charge in [0, 0.05) is 0 Å². The molecule has 0 spiro atoms. The van der Waals surface area contributed by atoms with Gasteiger partial charge in [-0.2, -0.15) is 10.1 Å². The smallest absolute Gasteiger partial charge is 0.226 e. The fraction of sp³-hybridized carbons (Fsp3) is 0.385. The first-order valence-electron chi connectivity index (χ1n) is 6.22. The zero-order valence-corrected chi connectivity index (χ0v) is 12.4. The van der Waals surface area contributed by atoms with E-state index in [4.69, 9.17) is 16.3 Å². The van der Waals surface area contributed by atoms with Crippen LogP contribution in [0.1, 0.15) is 25.8 Å². The van der Waals surface area contributed by atoms with Crippen LogP contribution in [0.4, 0.5) is 0 Å². The van der Waals surface area contributed by atoms with Gasteiger partial charge in [-0.3, -0.25) is 4.84 Å². The van der Waals surface area contributed by atoms with E-state index in [0.717, 1.165) is 5.56 Å². The Labute approximate surface area is 124 Å². The van der Waals surface area contributed by atoms with Crippen LogP contribution in [0.5, 0.6) is 0 Å². The van der Waals surface area contributed by atoms with Gasteiger partial charge in [-0.15, -0.1) is 12.4 Å². The molecule has 1 aromatic carbocycles. The predicted octanol–water partition coefficient (Wildman–Crippen LogP) is 1.61. The minimum absolute atomic E-state index is 0. The van der Waals surface area contributed by atoms with E-state index >= 15 is 0 Å². The van der Waals surface area contributed by atoms with Crippen molar-refractivity contribution in [2.75, 3.05) is 0 Å². The van der Waals surface area contributed by atoms with Gasteiger partial charge in [0.15, 0.2) is 5.66 Å². The van der Waals surface area contributed by atoms with Crippen molar-refractivity contribution in [3.63, 3.8) is 0 Å². The highest BCUT2D eigenvalue weighted by Gasteiger charge is 2.36. The maximum absolute atomic E-state index is 5.87. The minimum Gasteiger partial charge on any atom is -0.368 e. The molecule has 1 aliphatic heterocycles. The molecule has 20 heavy (non-hydrogen) atoms. The lowest BCUT2D eigenvalue weighted by molar-refractivity contribution is -0.173. The van der Waals surface area contributed by atoms with Gasteiger partial charge in [0.2, 0.25) is 11.9 Å². The van der Waals surface area contributed by atoms with Crippen molar-refractivity contribution in [2.24, 2.45) is 21.5 Å². The summed E-state index contributed by atoms with van der Waals surface area (Å²) in [6.45, 7) is 4.31. The molecule has 0 fully saturated rings. The largest absolute Gasteiger partial charge is 0.368 e. The van der Waals surface area contributed by atoms with Crippen LogP contribution in [-0.4, -0.2) is 22.6 Å². The Balaban J connectivity index is 0.00000200. The molecule has 0 amide bonds. The highest BCUT2D eigenvalue weighted by molar-refractivity contribution is 5.95. The summed E-state index contributed by atoms with van der Waals surface area (Å²) in [4.78, 5) is 14.0. The Morgan fingerprint density at radius 2 is 1.90 bits per heavy atom. The summed E-state index contributed by atoms with van der Waals surface area (Å²) in [6.07, 6.45) is 0.707. The van der Waals surface area contributed by atoms with Crippen molar-refractivity contribution >= 4 is 24.3 Å². The number of halogens is 1. The second kappa shape index (κ2) is 6.58. The second-order valence-electron chi connectivity index (χ2n) is 4.56. The van der Waals surface area contributed by atoms with Gasteiger partial charge in [0.25, 0.3) is 0 Å². The number of rotatable bonds is 4. The van der Waals surface area contributed by atoms with E-state index in [0.29, 0.717) is 13.0 Å². The van der Waals surface area contributed by atoms with Crippen molar-refractivity contribution in [2.45, 2.75) is 32.5 Å². The summed E-state index contributed by atoms with van der Waals surface area (Å²) in [6, 6.07) is 9.85. The summed E-state index contributed by atoms with van der Waals surface area (Å²) in [5, 5.41) is 1.52. The molecule has 0 aliphatic carbocycles. The molecule has 0 aromatic heterocycles. The van der Waals surface area contributed by atoms with Crippen molar-refractivity contribution in [1.29, 1.82) is 0 Å². The lowest BCUT2D eigenvalue weighted by Gasteiger charge is -2.38. The van der Waals surface area contributed by atoms with E-state index in [2.05, 4.69) is 9.98 Å². The van der Waals surface area contributed by atoms with Gasteiger partial charge >= 0.3 is 0 Å². The Morgan fingerprint density at radius 3 is 2.50 bits per heavy atom. The number of hydrogen-bond donors (Lipinski definition) is 2. The van der Waals surface area contributed by atoms with Crippen LogP contribution in [0.25, 0.3) is 0 Å². The van der Waals surface area contributed by atoms with Crippen molar-refractivity contribution in [3.05, 3.63) is 35.9 Å². The van der Waals surface area contributed by atoms with Crippen LogP contribution in [0.2, 0.25) is 0 Å². The van der Waals surface area contributed by atoms with Crippen molar-refractivity contribution < 1.29 is 4.84 Å². The third kappa shape index (κ3) is 3.40. The third-order valence-electron chi connectivity index (χ3n) is 3.10. The zero-order chi connectivity index (χ0) is 13.9. The van der Waals surface area contributed by atoms with Crippen LogP contribution in [0.3, 0.4) is 0 Å². The molecule has 6 nitrogen and oxygen atoms in total. The number of nitrogens with zero attached hydrogens (tertiary/aromatic N) is 3. The number of nitrogens with two attached hydrogens (primary N) is 2. The lowest BCUT2D eigenvalue weighted by Crippen LogP contribution is -2.54. The predicted molar refractivity (Wildman–Crippen MR) is 82.3 cm³/mol. The average Bonchev–Trinajstić information content (AvgIpc) is 2.38. The molecule has 0 bridgehead atoms. The molecule has 7 heteroatoms. The summed E-state index contributed by atoms with van der Waals surface area (Å²) < 4.78 is 0. The first-order chi connectivity index (χ1) is 9.05. The van der Waals surface area contributed by atoms with Gasteiger partial charge in [-0.1, -0.05) is 37.3 Å². The van der Waals surface area contributed by atoms with Gasteiger partial charge in [-0.05, 0) is 18.9 Å². The molecular weight excluding hydrogens is 278 g/mol. The molecule has 1 heterocycles. The Kier molecular flexibility index (Phi) is 5.35. The number of hydroxylamine groups is 2. The van der Waals surface area contributed by atoms with E-state index in [-0.39, 0.29) is 24.3 Å². The zero-order valence-electron chi connectivity index (χ0n) is 11.6. The summed E-state index contributed by atoms with van der Waals surface area (Å²) >= 11 is 0. The monoisotopic (exact) mass is 297 g/mol. The second-order valence-corrected chi connectivity index (χ2v) is 4.56. The summed E-state index contributed by atoms with van der Waals surface area (Å²) in [7, 11) is 0. The van der Waals surface area contributed by atoms with Crippen molar-refractivity contribution in [1.82, 2.24) is 5.06 Å². The minimum atomic E-state index is -0.620. The molecule has 4 N–H and O–H groups in total. The van der Waals surface area contributed by atoms with E-state index in [9.17, 15) is 0 Å². The van der Waals surface area contributed by atoms with E-state index in [1.807, 2.05) is 44.2 Å². The lowest BCUT2D eigenvalue weighted by atomic mass is 10.1. The molecule has 1 atom stereocenters. The summed E-state index contributed by atoms with van der Waals surface area (Å²) in [5.41, 5.74) is 12.0. The quantitative estimate of drug-likeness (QED) is 0.883. The maximum atomic E-state index is 5.87. The molecule has 0 radical (unpaired) electrons. The molecule has 1 aliphatic rings. The number of aliphatic imine (C=N–C) groups is 2. The van der Waals surface area contributed by atoms with E-state index in [1.165, 1.54) is 5.06 Å². The molecule has 1 aromatic rings. The number of benzene rings is 1. The number of guanidine groups is 2. The van der Waals surface area contributed by atoms with Crippen molar-refractivity contribution in [3.8, 4) is 0 Å². The summed E-state index contributed by atoms with van der Waals surface area (Å²) in [5.74, 6) is 0.411. The first kappa shape index (κ1) is 16.3. The van der Waals surface area contributed by atoms with Crippen LogP contribution in [0.15, 0.2) is 40.3 Å². The molecular formula is C13H20ClN5O. The Hall–Kier alpha value is -1.79. The SMILES string of the molecule is CCC1(C)N=C(N)N=C(N)N1OCc1ccccc1.Cl. The van der Waals surface area contributed by atoms with Crippen LogP contribution in [-0.2, 0) is 11.4 Å². The molecule has 0 saturated heterocycles. The highest BCUT2D eigenvalue weighted by atomic mass is 35.5.